The molecular formula is C14H17N. The molecule has 78 valence electrons. The lowest BCUT2D eigenvalue weighted by molar-refractivity contribution is 0.369. The maximum absolute atomic E-state index is 9.09. The number of rotatable bonds is 0. The fraction of sp³-hybridized carbons (Fsp3) is 0.643. The van der Waals surface area contributed by atoms with Crippen molar-refractivity contribution in [3.05, 3.63) is 23.3 Å². The highest BCUT2D eigenvalue weighted by atomic mass is 14.4. The predicted molar refractivity (Wildman–Crippen MR) is 60.0 cm³/mol. The fourth-order valence-electron chi connectivity index (χ4n) is 3.45. The largest absolute Gasteiger partial charge is 0.198 e. The van der Waals surface area contributed by atoms with Gasteiger partial charge >= 0.3 is 0 Å². The van der Waals surface area contributed by atoms with Gasteiger partial charge in [0.25, 0.3) is 0 Å². The minimum atomic E-state index is 0.266. The van der Waals surface area contributed by atoms with Gasteiger partial charge in [0, 0.05) is 11.8 Å². The van der Waals surface area contributed by atoms with Crippen LogP contribution in [0, 0.1) is 29.1 Å². The van der Waals surface area contributed by atoms with E-state index in [1.54, 1.807) is 11.1 Å². The van der Waals surface area contributed by atoms with Crippen LogP contribution in [0.2, 0.25) is 0 Å². The zero-order valence-corrected chi connectivity index (χ0v) is 9.08. The van der Waals surface area contributed by atoms with E-state index in [0.717, 1.165) is 6.42 Å². The number of allylic oxidation sites excluding steroid dienone is 4. The highest BCUT2D eigenvalue weighted by molar-refractivity contribution is 5.36. The van der Waals surface area contributed by atoms with Crippen LogP contribution >= 0.6 is 0 Å². The van der Waals surface area contributed by atoms with Crippen LogP contribution in [0.15, 0.2) is 23.3 Å². The molecule has 0 aromatic carbocycles. The summed E-state index contributed by atoms with van der Waals surface area (Å²) in [6.45, 7) is 0. The monoisotopic (exact) mass is 199 g/mol. The molecule has 15 heavy (non-hydrogen) atoms. The first-order valence-electron chi connectivity index (χ1n) is 6.19. The molecule has 0 radical (unpaired) electrons. The van der Waals surface area contributed by atoms with Gasteiger partial charge in [-0.15, -0.1) is 0 Å². The highest BCUT2D eigenvalue weighted by Gasteiger charge is 2.36. The summed E-state index contributed by atoms with van der Waals surface area (Å²) in [7, 11) is 0. The van der Waals surface area contributed by atoms with Crippen molar-refractivity contribution in [3.8, 4) is 6.07 Å². The Bertz CT molecular complexity index is 345. The number of nitrogens with zero attached hydrogens (tertiary/aromatic N) is 1. The second kappa shape index (κ2) is 3.52. The summed E-state index contributed by atoms with van der Waals surface area (Å²) < 4.78 is 0. The van der Waals surface area contributed by atoms with Crippen molar-refractivity contribution in [2.75, 3.05) is 0 Å². The summed E-state index contributed by atoms with van der Waals surface area (Å²) in [5.74, 6) is 1.37. The Hall–Kier alpha value is -1.03. The van der Waals surface area contributed by atoms with Gasteiger partial charge < -0.3 is 0 Å². The average molecular weight is 199 g/mol. The Kier molecular flexibility index (Phi) is 2.16. The minimum absolute atomic E-state index is 0.266. The molecule has 1 saturated carbocycles. The third-order valence-electron chi connectivity index (χ3n) is 4.26. The van der Waals surface area contributed by atoms with E-state index in [2.05, 4.69) is 18.2 Å². The molecule has 1 atom stereocenters. The van der Waals surface area contributed by atoms with Crippen molar-refractivity contribution in [2.24, 2.45) is 17.8 Å². The molecule has 0 amide bonds. The van der Waals surface area contributed by atoms with Crippen LogP contribution in [-0.4, -0.2) is 0 Å². The minimum Gasteiger partial charge on any atom is -0.198 e. The van der Waals surface area contributed by atoms with Crippen LogP contribution in [0.25, 0.3) is 0 Å². The molecule has 4 aliphatic rings. The Labute approximate surface area is 91.5 Å². The summed E-state index contributed by atoms with van der Waals surface area (Å²) in [5, 5.41) is 9.09. The molecular weight excluding hydrogens is 182 g/mol. The van der Waals surface area contributed by atoms with Gasteiger partial charge in [-0.1, -0.05) is 29.7 Å². The van der Waals surface area contributed by atoms with Gasteiger partial charge in [0.15, 0.2) is 0 Å². The van der Waals surface area contributed by atoms with E-state index in [1.807, 2.05) is 0 Å². The maximum Gasteiger partial charge on any atom is 0.0665 e. The lowest BCUT2D eigenvalue weighted by atomic mass is 9.64. The number of hydrogen-bond acceptors (Lipinski definition) is 1. The van der Waals surface area contributed by atoms with Gasteiger partial charge in [-0.05, 0) is 32.1 Å². The molecule has 0 aromatic heterocycles. The topological polar surface area (TPSA) is 23.8 Å². The van der Waals surface area contributed by atoms with Crippen molar-refractivity contribution in [1.29, 1.82) is 5.26 Å². The number of fused-ring (bicyclic) bond motifs is 1. The number of hydrogen-bond donors (Lipinski definition) is 0. The van der Waals surface area contributed by atoms with E-state index >= 15 is 0 Å². The lowest BCUT2D eigenvalue weighted by Gasteiger charge is -2.39. The molecule has 0 aliphatic heterocycles. The van der Waals surface area contributed by atoms with Gasteiger partial charge in [-0.25, -0.2) is 0 Å². The van der Waals surface area contributed by atoms with Gasteiger partial charge in [-0.2, -0.15) is 5.26 Å². The summed E-state index contributed by atoms with van der Waals surface area (Å²) in [6.07, 6.45) is 12.6. The van der Waals surface area contributed by atoms with E-state index in [-0.39, 0.29) is 5.92 Å². The van der Waals surface area contributed by atoms with Gasteiger partial charge in [0.1, 0.15) is 0 Å². The standard InChI is InChI=1S/C14H17N/c15-9-13-8-14-10-4-2-1-3-5-11(14)7-12(13)6-10/h6-7,12-14H,1-5,8H2/t12?,13-,14?/m0/s1. The van der Waals surface area contributed by atoms with E-state index in [4.69, 9.17) is 5.26 Å². The van der Waals surface area contributed by atoms with Gasteiger partial charge in [0.05, 0.1) is 12.0 Å². The van der Waals surface area contributed by atoms with Gasteiger partial charge in [0.2, 0.25) is 0 Å². The predicted octanol–water partition coefficient (Wildman–Crippen LogP) is 3.59. The zero-order chi connectivity index (χ0) is 10.3. The Morgan fingerprint density at radius 3 is 2.27 bits per heavy atom. The van der Waals surface area contributed by atoms with Crippen molar-refractivity contribution in [2.45, 2.75) is 38.5 Å². The fourth-order valence-corrected chi connectivity index (χ4v) is 3.45. The molecule has 0 unspecified atom stereocenters. The van der Waals surface area contributed by atoms with E-state index in [9.17, 15) is 0 Å². The van der Waals surface area contributed by atoms with Crippen LogP contribution < -0.4 is 0 Å². The molecule has 0 spiro atoms. The zero-order valence-electron chi connectivity index (χ0n) is 9.08. The Morgan fingerprint density at radius 2 is 1.73 bits per heavy atom. The summed E-state index contributed by atoms with van der Waals surface area (Å²) in [6, 6.07) is 2.47. The Balaban J connectivity index is 1.95. The smallest absolute Gasteiger partial charge is 0.0665 e. The second-order valence-corrected chi connectivity index (χ2v) is 5.15. The molecule has 4 bridgehead atoms. The molecule has 0 N–H and O–H groups in total. The lowest BCUT2D eigenvalue weighted by Crippen LogP contribution is -2.29. The number of nitriles is 1. The first-order valence-corrected chi connectivity index (χ1v) is 6.19. The van der Waals surface area contributed by atoms with Crippen molar-refractivity contribution >= 4 is 0 Å². The van der Waals surface area contributed by atoms with Crippen LogP contribution in [0.1, 0.15) is 38.5 Å². The van der Waals surface area contributed by atoms with Crippen LogP contribution in [0.4, 0.5) is 0 Å². The molecule has 4 rings (SSSR count). The SMILES string of the molecule is N#C[C@@H]1CC2C3=CC1C=C2CCCCC3. The summed E-state index contributed by atoms with van der Waals surface area (Å²) in [4.78, 5) is 0. The third-order valence-corrected chi connectivity index (χ3v) is 4.26. The summed E-state index contributed by atoms with van der Waals surface area (Å²) in [5.41, 5.74) is 3.31. The normalized spacial score (nSPS) is 38.5. The molecule has 4 aliphatic carbocycles. The first-order chi connectivity index (χ1) is 7.38. The molecule has 0 aromatic rings. The average Bonchev–Trinajstić information content (AvgIpc) is 2.27. The maximum atomic E-state index is 9.09. The quantitative estimate of drug-likeness (QED) is 0.547. The van der Waals surface area contributed by atoms with Crippen LogP contribution in [0.3, 0.4) is 0 Å². The third kappa shape index (κ3) is 1.44. The van der Waals surface area contributed by atoms with Crippen LogP contribution in [-0.2, 0) is 0 Å². The van der Waals surface area contributed by atoms with Crippen molar-refractivity contribution < 1.29 is 0 Å². The highest BCUT2D eigenvalue weighted by Crippen LogP contribution is 2.47. The summed E-state index contributed by atoms with van der Waals surface area (Å²) >= 11 is 0. The van der Waals surface area contributed by atoms with E-state index < -0.39 is 0 Å². The van der Waals surface area contributed by atoms with Crippen LogP contribution in [0.5, 0.6) is 0 Å². The second-order valence-electron chi connectivity index (χ2n) is 5.15. The van der Waals surface area contributed by atoms with Gasteiger partial charge in [-0.3, -0.25) is 0 Å². The molecule has 0 saturated heterocycles. The Morgan fingerprint density at radius 1 is 1.07 bits per heavy atom. The molecule has 1 fully saturated rings. The molecule has 1 heteroatoms. The van der Waals surface area contributed by atoms with E-state index in [1.165, 1.54) is 32.1 Å². The van der Waals surface area contributed by atoms with Crippen molar-refractivity contribution in [1.82, 2.24) is 0 Å². The first kappa shape index (κ1) is 9.21. The molecule has 0 heterocycles. The van der Waals surface area contributed by atoms with E-state index in [0.29, 0.717) is 11.8 Å². The van der Waals surface area contributed by atoms with Crippen molar-refractivity contribution in [3.63, 3.8) is 0 Å². The molecule has 1 nitrogen and oxygen atoms in total.